The molecule has 2 heterocycles. The Bertz CT molecular complexity index is 719. The van der Waals surface area contributed by atoms with E-state index in [0.29, 0.717) is 12.3 Å². The van der Waals surface area contributed by atoms with E-state index in [1.165, 1.54) is 17.7 Å². The first kappa shape index (κ1) is 17.4. The van der Waals surface area contributed by atoms with Crippen LogP contribution in [-0.4, -0.2) is 58.3 Å². The highest BCUT2D eigenvalue weighted by molar-refractivity contribution is 5.77. The summed E-state index contributed by atoms with van der Waals surface area (Å²) in [5.74, 6) is -0.0559. The van der Waals surface area contributed by atoms with Gasteiger partial charge in [0.2, 0.25) is 0 Å². The van der Waals surface area contributed by atoms with Gasteiger partial charge in [0, 0.05) is 57.6 Å². The quantitative estimate of drug-likeness (QED) is 0.826. The Morgan fingerprint density at radius 2 is 2.16 bits per heavy atom. The van der Waals surface area contributed by atoms with Gasteiger partial charge in [0.1, 0.15) is 11.6 Å². The normalized spacial score (nSPS) is 15.8. The molecule has 0 radical (unpaired) electrons. The molecule has 3 rings (SSSR count). The van der Waals surface area contributed by atoms with Gasteiger partial charge >= 0.3 is 0 Å². The van der Waals surface area contributed by atoms with Crippen molar-refractivity contribution in [1.29, 1.82) is 0 Å². The number of halogens is 1. The summed E-state index contributed by atoms with van der Waals surface area (Å²) in [6.07, 6.45) is 4.81. The number of nitrogens with zero attached hydrogens (tertiary/aromatic N) is 4. The zero-order valence-corrected chi connectivity index (χ0v) is 14.4. The zero-order valence-electron chi connectivity index (χ0n) is 14.4. The lowest BCUT2D eigenvalue weighted by Gasteiger charge is -2.21. The van der Waals surface area contributed by atoms with Crippen molar-refractivity contribution in [3.8, 4) is 5.75 Å². The van der Waals surface area contributed by atoms with Gasteiger partial charge in [-0.25, -0.2) is 4.39 Å². The average molecular weight is 346 g/mol. The Kier molecular flexibility index (Phi) is 5.65. The molecule has 0 aliphatic carbocycles. The SMILES string of the molecule is Cn1cc(CN2CCCN(C(=O)COc3cccc(F)c3)CC2)cn1. The van der Waals surface area contributed by atoms with Gasteiger partial charge in [0.05, 0.1) is 6.20 Å². The van der Waals surface area contributed by atoms with Crippen LogP contribution in [0.5, 0.6) is 5.75 Å². The molecule has 134 valence electrons. The first-order valence-corrected chi connectivity index (χ1v) is 8.46. The molecule has 7 heteroatoms. The fourth-order valence-electron chi connectivity index (χ4n) is 2.98. The van der Waals surface area contributed by atoms with Crippen molar-refractivity contribution < 1.29 is 13.9 Å². The number of carbonyl (C=O) groups excluding carboxylic acids is 1. The van der Waals surface area contributed by atoms with Crippen molar-refractivity contribution in [2.24, 2.45) is 7.05 Å². The third kappa shape index (κ3) is 5.03. The smallest absolute Gasteiger partial charge is 0.260 e. The van der Waals surface area contributed by atoms with Crippen LogP contribution >= 0.6 is 0 Å². The summed E-state index contributed by atoms with van der Waals surface area (Å²) in [4.78, 5) is 16.5. The Morgan fingerprint density at radius 3 is 2.92 bits per heavy atom. The maximum atomic E-state index is 13.1. The molecule has 1 fully saturated rings. The first-order chi connectivity index (χ1) is 12.1. The third-order valence-electron chi connectivity index (χ3n) is 4.26. The van der Waals surface area contributed by atoms with E-state index in [4.69, 9.17) is 4.74 Å². The highest BCUT2D eigenvalue weighted by Gasteiger charge is 2.20. The predicted octanol–water partition coefficient (Wildman–Crippen LogP) is 1.67. The van der Waals surface area contributed by atoms with Crippen LogP contribution < -0.4 is 4.74 Å². The van der Waals surface area contributed by atoms with Crippen molar-refractivity contribution in [2.45, 2.75) is 13.0 Å². The number of hydrogen-bond donors (Lipinski definition) is 0. The van der Waals surface area contributed by atoms with E-state index in [9.17, 15) is 9.18 Å². The zero-order chi connectivity index (χ0) is 17.6. The summed E-state index contributed by atoms with van der Waals surface area (Å²) in [6, 6.07) is 5.84. The number of amides is 1. The number of rotatable bonds is 5. The minimum Gasteiger partial charge on any atom is -0.484 e. The molecular formula is C18H23FN4O2. The largest absolute Gasteiger partial charge is 0.484 e. The monoisotopic (exact) mass is 346 g/mol. The van der Waals surface area contributed by atoms with Crippen LogP contribution in [0.1, 0.15) is 12.0 Å². The van der Waals surface area contributed by atoms with E-state index >= 15 is 0 Å². The predicted molar refractivity (Wildman–Crippen MR) is 91.6 cm³/mol. The lowest BCUT2D eigenvalue weighted by molar-refractivity contribution is -0.133. The molecule has 6 nitrogen and oxygen atoms in total. The number of ether oxygens (including phenoxy) is 1. The summed E-state index contributed by atoms with van der Waals surface area (Å²) in [7, 11) is 1.91. The maximum absolute atomic E-state index is 13.1. The molecule has 0 saturated carbocycles. The molecule has 0 unspecified atom stereocenters. The molecule has 25 heavy (non-hydrogen) atoms. The Balaban J connectivity index is 1.47. The van der Waals surface area contributed by atoms with Crippen LogP contribution in [0, 0.1) is 5.82 Å². The van der Waals surface area contributed by atoms with Crippen LogP contribution in [0.4, 0.5) is 4.39 Å². The summed E-state index contributed by atoms with van der Waals surface area (Å²) >= 11 is 0. The van der Waals surface area contributed by atoms with Crippen molar-refractivity contribution in [3.05, 3.63) is 48.0 Å². The van der Waals surface area contributed by atoms with Crippen molar-refractivity contribution in [1.82, 2.24) is 19.6 Å². The van der Waals surface area contributed by atoms with Gasteiger partial charge in [0.15, 0.2) is 6.61 Å². The highest BCUT2D eigenvalue weighted by Crippen LogP contribution is 2.13. The summed E-state index contributed by atoms with van der Waals surface area (Å²) < 4.78 is 20.3. The third-order valence-corrected chi connectivity index (χ3v) is 4.26. The maximum Gasteiger partial charge on any atom is 0.260 e. The lowest BCUT2D eigenvalue weighted by atomic mass is 10.3. The minimum atomic E-state index is -0.370. The fraction of sp³-hybridized carbons (Fsp3) is 0.444. The molecule has 2 aromatic rings. The molecule has 0 bridgehead atoms. The molecule has 0 N–H and O–H groups in total. The molecule has 1 amide bonds. The molecule has 0 spiro atoms. The Hall–Kier alpha value is -2.41. The van der Waals surface area contributed by atoms with Gasteiger partial charge in [-0.05, 0) is 18.6 Å². The number of carbonyl (C=O) groups is 1. The summed E-state index contributed by atoms with van der Waals surface area (Å²) in [5.41, 5.74) is 1.18. The van der Waals surface area contributed by atoms with E-state index in [2.05, 4.69) is 10.00 Å². The van der Waals surface area contributed by atoms with E-state index in [1.54, 1.807) is 16.8 Å². The van der Waals surface area contributed by atoms with Crippen LogP contribution in [0.25, 0.3) is 0 Å². The Morgan fingerprint density at radius 1 is 1.28 bits per heavy atom. The van der Waals surface area contributed by atoms with Crippen LogP contribution in [0.2, 0.25) is 0 Å². The fourth-order valence-corrected chi connectivity index (χ4v) is 2.98. The van der Waals surface area contributed by atoms with Gasteiger partial charge in [-0.2, -0.15) is 5.10 Å². The topological polar surface area (TPSA) is 50.6 Å². The standard InChI is InChI=1S/C18H23FN4O2/c1-21-12-15(11-20-21)13-22-6-3-7-23(9-8-22)18(24)14-25-17-5-2-4-16(19)10-17/h2,4-5,10-12H,3,6-9,13-14H2,1H3. The second-order valence-electron chi connectivity index (χ2n) is 6.28. The lowest BCUT2D eigenvalue weighted by Crippen LogP contribution is -2.38. The van der Waals surface area contributed by atoms with Crippen molar-refractivity contribution in [3.63, 3.8) is 0 Å². The van der Waals surface area contributed by atoms with Gasteiger partial charge in [-0.1, -0.05) is 6.07 Å². The second kappa shape index (κ2) is 8.11. The van der Waals surface area contributed by atoms with Crippen LogP contribution in [0.3, 0.4) is 0 Å². The molecule has 0 atom stereocenters. The Labute approximate surface area is 146 Å². The number of aromatic nitrogens is 2. The van der Waals surface area contributed by atoms with Crippen LogP contribution in [0.15, 0.2) is 36.7 Å². The number of aryl methyl sites for hydroxylation is 1. The molecule has 1 aromatic heterocycles. The molecular weight excluding hydrogens is 323 g/mol. The van der Waals surface area contributed by atoms with Crippen LogP contribution in [-0.2, 0) is 18.4 Å². The molecule has 1 aliphatic heterocycles. The van der Waals surface area contributed by atoms with Gasteiger partial charge in [-0.3, -0.25) is 14.4 Å². The molecule has 1 aliphatic rings. The number of benzene rings is 1. The molecule has 1 aromatic carbocycles. The molecule has 1 saturated heterocycles. The van der Waals surface area contributed by atoms with Gasteiger partial charge < -0.3 is 9.64 Å². The highest BCUT2D eigenvalue weighted by atomic mass is 19.1. The second-order valence-corrected chi connectivity index (χ2v) is 6.28. The first-order valence-electron chi connectivity index (χ1n) is 8.46. The van der Waals surface area contributed by atoms with Gasteiger partial charge in [0.25, 0.3) is 5.91 Å². The number of hydrogen-bond acceptors (Lipinski definition) is 4. The average Bonchev–Trinajstić information content (AvgIpc) is 2.86. The van der Waals surface area contributed by atoms with Gasteiger partial charge in [-0.15, -0.1) is 0 Å². The van der Waals surface area contributed by atoms with E-state index in [-0.39, 0.29) is 18.3 Å². The van der Waals surface area contributed by atoms with E-state index in [1.807, 2.05) is 24.3 Å². The van der Waals surface area contributed by atoms with Crippen molar-refractivity contribution >= 4 is 5.91 Å². The summed E-state index contributed by atoms with van der Waals surface area (Å²) in [5, 5.41) is 4.19. The van der Waals surface area contributed by atoms with Crippen molar-refractivity contribution in [2.75, 3.05) is 32.8 Å². The summed E-state index contributed by atoms with van der Waals surface area (Å²) in [6.45, 7) is 3.94. The minimum absolute atomic E-state index is 0.0625. The van der Waals surface area contributed by atoms with E-state index < -0.39 is 0 Å². The van der Waals surface area contributed by atoms with E-state index in [0.717, 1.165) is 32.6 Å².